The van der Waals surface area contributed by atoms with Crippen molar-refractivity contribution in [1.29, 1.82) is 0 Å². The molecule has 5 rings (SSSR count). The Bertz CT molecular complexity index is 1850. The molecule has 13 heteroatoms. The molecule has 0 saturated carbocycles. The molecule has 2 aliphatic heterocycles. The maximum atomic E-state index is 14.4. The van der Waals surface area contributed by atoms with Gasteiger partial charge in [-0.15, -0.1) is 0 Å². The van der Waals surface area contributed by atoms with Gasteiger partial charge in [0.05, 0.1) is 5.56 Å². The van der Waals surface area contributed by atoms with Crippen LogP contribution < -0.4 is 0 Å². The van der Waals surface area contributed by atoms with E-state index in [-0.39, 0.29) is 39.7 Å². The number of alkyl halides is 5. The molecule has 0 bridgehead atoms. The van der Waals surface area contributed by atoms with E-state index in [9.17, 15) is 31.5 Å². The fourth-order valence-electron chi connectivity index (χ4n) is 5.06. The van der Waals surface area contributed by atoms with E-state index in [1.165, 1.54) is 49.9 Å². The van der Waals surface area contributed by atoms with Gasteiger partial charge in [-0.2, -0.15) is 13.2 Å². The van der Waals surface area contributed by atoms with Gasteiger partial charge in [-0.3, -0.25) is 0 Å². The van der Waals surface area contributed by atoms with Gasteiger partial charge < -0.3 is 0 Å². The number of halogens is 7. The summed E-state index contributed by atoms with van der Waals surface area (Å²) in [5, 5.41) is 0. The number of carbonyl (C=O) groups excluding carboxylic acids is 2. The van der Waals surface area contributed by atoms with Crippen LogP contribution in [-0.4, -0.2) is 47.2 Å². The van der Waals surface area contributed by atoms with E-state index in [1.807, 2.05) is 11.1 Å². The summed E-state index contributed by atoms with van der Waals surface area (Å²) in [5.74, 6) is -0.0145. The third kappa shape index (κ3) is 9.87. The molecule has 0 N–H and O–H groups in total. The first-order valence-electron chi connectivity index (χ1n) is 15.0. The second kappa shape index (κ2) is 15.5. The SMILES string of the molecule is CN(Cc1ccc(-c2ccc(C(C)(C)F)cc2C(F)(F)F)cc1)C(=O)CN1C=C(CC2=CI(C)N=C2)C(=O)I=C1SCc1ccc(F)cc1. The third-order valence-corrected chi connectivity index (χ3v) is 15.2. The average molecular weight is 922 g/mol. The predicted octanol–water partition coefficient (Wildman–Crippen LogP) is 9.80. The van der Waals surface area contributed by atoms with Crippen LogP contribution in [0, 0.1) is 5.82 Å². The number of nitrogens with zero attached hydrogens (tertiary/aromatic N) is 3. The Morgan fingerprint density at radius 3 is 2.29 bits per heavy atom. The maximum absolute atomic E-state index is 14.4. The summed E-state index contributed by atoms with van der Waals surface area (Å²) >= 11 is -1.07. The first-order valence-corrected chi connectivity index (χ1v) is 22.6. The van der Waals surface area contributed by atoms with Crippen LogP contribution >= 0.6 is 52.6 Å². The summed E-state index contributed by atoms with van der Waals surface area (Å²) in [7, 11) is 1.65. The monoisotopic (exact) mass is 921 g/mol. The quantitative estimate of drug-likeness (QED) is 0.0833. The van der Waals surface area contributed by atoms with Crippen LogP contribution in [-0.2, 0) is 33.7 Å². The van der Waals surface area contributed by atoms with Gasteiger partial charge in [-0.05, 0) is 36.6 Å². The summed E-state index contributed by atoms with van der Waals surface area (Å²) < 4.78 is 77.3. The van der Waals surface area contributed by atoms with Gasteiger partial charge in [0.2, 0.25) is 0 Å². The molecule has 49 heavy (non-hydrogen) atoms. The Labute approximate surface area is 304 Å². The normalized spacial score (nSPS) is 15.9. The van der Waals surface area contributed by atoms with Crippen LogP contribution in [0.25, 0.3) is 11.1 Å². The van der Waals surface area contributed by atoms with Gasteiger partial charge in [0.15, 0.2) is 0 Å². The van der Waals surface area contributed by atoms with E-state index in [0.717, 1.165) is 20.2 Å². The van der Waals surface area contributed by atoms with Crippen molar-refractivity contribution in [2.45, 2.75) is 44.4 Å². The number of allylic oxidation sites excluding steroid dienone is 2. The second-order valence-corrected chi connectivity index (χ2v) is 20.3. The molecular weight excluding hydrogens is 887 g/mol. The van der Waals surface area contributed by atoms with Gasteiger partial charge >= 0.3 is 206 Å². The molecule has 1 amide bonds. The zero-order chi connectivity index (χ0) is 35.5. The van der Waals surface area contributed by atoms with Gasteiger partial charge in [-0.25, -0.2) is 8.78 Å². The molecule has 3 aromatic carbocycles. The molecule has 0 saturated heterocycles. The van der Waals surface area contributed by atoms with Crippen molar-refractivity contribution in [3.63, 3.8) is 0 Å². The van der Waals surface area contributed by atoms with Gasteiger partial charge in [0, 0.05) is 0 Å². The van der Waals surface area contributed by atoms with Crippen LogP contribution in [0.15, 0.2) is 91.4 Å². The van der Waals surface area contributed by atoms with Crippen LogP contribution in [0.4, 0.5) is 22.0 Å². The van der Waals surface area contributed by atoms with Crippen molar-refractivity contribution in [2.75, 3.05) is 18.5 Å². The number of amides is 1. The van der Waals surface area contributed by atoms with E-state index in [2.05, 4.69) is 12.2 Å². The Kier molecular flexibility index (Phi) is 11.8. The number of hydrogen-bond acceptors (Lipinski definition) is 5. The molecule has 3 aromatic rings. The third-order valence-electron chi connectivity index (χ3n) is 7.72. The number of benzene rings is 3. The standard InChI is InChI=1S/C36H34F5I2N3O2S/c1-35(2,38)28-11-14-30(31(16-28)36(39,40)41)26-9-5-23(6-10-26)19-45(4)32(47)21-46-20-27(15-25-17-43(3)44-18-25)33(48)42-34(46)49-22-24-7-12-29(37)13-8-24/h5-14,16-18,20H,15,19,21-22H2,1-4H3. The molecule has 0 spiro atoms. The Morgan fingerprint density at radius 2 is 1.67 bits per heavy atom. The Morgan fingerprint density at radius 1 is 1.00 bits per heavy atom. The first kappa shape index (κ1) is 37.3. The van der Waals surface area contributed by atoms with Crippen LogP contribution in [0.3, 0.4) is 0 Å². The topological polar surface area (TPSA) is 53.0 Å². The number of hydrogen-bond donors (Lipinski definition) is 0. The van der Waals surface area contributed by atoms with Gasteiger partial charge in [0.25, 0.3) is 0 Å². The molecule has 0 fully saturated rings. The zero-order valence-electron chi connectivity index (χ0n) is 27.1. The summed E-state index contributed by atoms with van der Waals surface area (Å²) in [6.45, 7) is 2.65. The van der Waals surface area contributed by atoms with Crippen molar-refractivity contribution in [3.8, 4) is 11.1 Å². The van der Waals surface area contributed by atoms with Crippen LogP contribution in [0.5, 0.6) is 0 Å². The van der Waals surface area contributed by atoms with Crippen molar-refractivity contribution in [1.82, 2.24) is 9.80 Å². The molecule has 0 aliphatic carbocycles. The van der Waals surface area contributed by atoms with Crippen molar-refractivity contribution < 1.29 is 31.5 Å². The second-order valence-electron chi connectivity index (χ2n) is 12.1. The van der Waals surface area contributed by atoms with Gasteiger partial charge in [-0.1, -0.05) is 24.3 Å². The average Bonchev–Trinajstić information content (AvgIpc) is 3.45. The molecule has 0 aromatic heterocycles. The van der Waals surface area contributed by atoms with Crippen molar-refractivity contribution in [3.05, 3.63) is 116 Å². The van der Waals surface area contributed by atoms with E-state index in [1.54, 1.807) is 54.5 Å². The molecule has 2 heterocycles. The van der Waals surface area contributed by atoms with E-state index in [4.69, 9.17) is 0 Å². The fourth-order valence-corrected chi connectivity index (χ4v) is 11.5. The van der Waals surface area contributed by atoms with Crippen LogP contribution in [0.2, 0.25) is 0 Å². The van der Waals surface area contributed by atoms with Crippen molar-refractivity contribution in [2.24, 2.45) is 3.21 Å². The van der Waals surface area contributed by atoms with E-state index >= 15 is 0 Å². The summed E-state index contributed by atoms with van der Waals surface area (Å²) in [5.41, 5.74) is 0.656. The molecule has 0 radical (unpaired) electrons. The summed E-state index contributed by atoms with van der Waals surface area (Å²) in [6.07, 6.45) is -0.588. The summed E-state index contributed by atoms with van der Waals surface area (Å²) in [6, 6.07) is 16.2. The molecular formula is C36H34F5I2N3O2S. The minimum absolute atomic E-state index is 0.00244. The first-order chi connectivity index (χ1) is 23.1. The molecule has 2 aliphatic rings. The molecule has 0 atom stereocenters. The van der Waals surface area contributed by atoms with E-state index in [0.29, 0.717) is 28.9 Å². The summed E-state index contributed by atoms with van der Waals surface area (Å²) in [4.78, 5) is 32.3. The number of carbonyl (C=O) groups is 2. The molecule has 260 valence electrons. The van der Waals surface area contributed by atoms with Crippen LogP contribution in [0.1, 0.15) is 42.5 Å². The van der Waals surface area contributed by atoms with Crippen molar-refractivity contribution >= 4 is 71.5 Å². The number of likely N-dealkylation sites (N-methyl/N-ethyl adjacent to an activating group) is 1. The fraction of sp³-hybridized carbons (Fsp3) is 0.278. The minimum atomic E-state index is -4.67. The number of thioether (sulfide) groups is 1. The van der Waals surface area contributed by atoms with Gasteiger partial charge in [0.1, 0.15) is 11.5 Å². The molecule has 5 nitrogen and oxygen atoms in total. The predicted molar refractivity (Wildman–Crippen MR) is 205 cm³/mol. The molecule has 0 unspecified atom stereocenters. The Hall–Kier alpha value is -2.92. The zero-order valence-corrected chi connectivity index (χ0v) is 32.3. The number of rotatable bonds is 11. The Balaban J connectivity index is 1.30. The van der Waals surface area contributed by atoms with E-state index < -0.39 is 58.2 Å².